The predicted octanol–water partition coefficient (Wildman–Crippen LogP) is 5.54. The van der Waals surface area contributed by atoms with Crippen LogP contribution in [0.2, 0.25) is 0 Å². The summed E-state index contributed by atoms with van der Waals surface area (Å²) in [7, 11) is 0. The number of carbonyl (C=O) groups is 4. The summed E-state index contributed by atoms with van der Waals surface area (Å²) in [6.45, 7) is 11.8. The third-order valence-electron chi connectivity index (χ3n) is 7.76. The molecule has 1 N–H and O–H groups in total. The van der Waals surface area contributed by atoms with Gasteiger partial charge in [-0.1, -0.05) is 12.1 Å². The molecule has 3 aromatic rings. The van der Waals surface area contributed by atoms with Crippen LogP contribution >= 0.6 is 0 Å². The van der Waals surface area contributed by atoms with E-state index in [2.05, 4.69) is 15.3 Å². The molecule has 2 atom stereocenters. The minimum Gasteiger partial charge on any atom is -0.444 e. The first-order valence-corrected chi connectivity index (χ1v) is 15.7. The Kier molecular flexibility index (Phi) is 9.27. The van der Waals surface area contributed by atoms with Gasteiger partial charge in [0.25, 0.3) is 0 Å². The Balaban J connectivity index is 1.21. The summed E-state index contributed by atoms with van der Waals surface area (Å²) in [5.41, 5.74) is 1.71. The minimum atomic E-state index is -0.651. The van der Waals surface area contributed by atoms with Crippen molar-refractivity contribution in [3.8, 4) is 11.1 Å². The molecule has 46 heavy (non-hydrogen) atoms. The van der Waals surface area contributed by atoms with E-state index in [4.69, 9.17) is 14.5 Å². The number of nitrogens with one attached hydrogen (secondary N) is 1. The van der Waals surface area contributed by atoms with Gasteiger partial charge >= 0.3 is 12.2 Å². The van der Waals surface area contributed by atoms with Gasteiger partial charge in [-0.2, -0.15) is 0 Å². The van der Waals surface area contributed by atoms with Crippen LogP contribution in [0.1, 0.15) is 72.9 Å². The van der Waals surface area contributed by atoms with Gasteiger partial charge in [0.1, 0.15) is 17.2 Å². The molecule has 2 aliphatic rings. The van der Waals surface area contributed by atoms with Crippen molar-refractivity contribution in [2.75, 3.05) is 18.4 Å². The van der Waals surface area contributed by atoms with Gasteiger partial charge in [-0.3, -0.25) is 29.7 Å². The third kappa shape index (κ3) is 7.96. The molecular weight excluding hydrogens is 588 g/mol. The van der Waals surface area contributed by atoms with E-state index in [0.717, 1.165) is 28.5 Å². The summed E-state index contributed by atoms with van der Waals surface area (Å²) in [6, 6.07) is 8.33. The number of Topliss-reactive ketones (excluding diaryl/α,β-unsaturated/α-hetero) is 1. The van der Waals surface area contributed by atoms with Crippen LogP contribution < -0.4 is 5.32 Å². The number of anilines is 1. The maximum Gasteiger partial charge on any atom is 0.410 e. The van der Waals surface area contributed by atoms with E-state index in [1.165, 1.54) is 9.80 Å². The van der Waals surface area contributed by atoms with E-state index in [1.807, 2.05) is 51.1 Å². The number of benzene rings is 1. The summed E-state index contributed by atoms with van der Waals surface area (Å²) in [4.78, 5) is 67.7. The van der Waals surface area contributed by atoms with Crippen LogP contribution in [0, 0.1) is 0 Å². The Hall–Kier alpha value is -4.61. The van der Waals surface area contributed by atoms with Gasteiger partial charge in [-0.15, -0.1) is 0 Å². The lowest BCUT2D eigenvalue weighted by Crippen LogP contribution is -2.45. The number of hydrogen-bond donors (Lipinski definition) is 1. The standard InChI is InChI=1S/C34H42N6O6/c1-33(2,3)45-31(43)39-15-7-9-26(39)28(41)18-24-13-11-22-17-21(12-14-25(22)37-24)23-19-35-30(36-20-23)38-29(42)27-10-8-16-40(27)32(44)46-34(4,5)6/h11-14,17,19-20,26-27H,7-10,15-16,18H2,1-6H3,(H,35,36,38,42)/t26-,27-/m0/s1. The molecule has 0 aliphatic carbocycles. The molecule has 0 bridgehead atoms. The smallest absolute Gasteiger partial charge is 0.410 e. The summed E-state index contributed by atoms with van der Waals surface area (Å²) < 4.78 is 11.0. The van der Waals surface area contributed by atoms with Gasteiger partial charge in [-0.05, 0) is 91.0 Å². The van der Waals surface area contributed by atoms with E-state index in [1.54, 1.807) is 33.2 Å². The van der Waals surface area contributed by atoms with Crippen molar-refractivity contribution in [3.05, 3.63) is 48.4 Å². The van der Waals surface area contributed by atoms with Crippen LogP contribution in [0.5, 0.6) is 0 Å². The molecule has 12 heteroatoms. The molecular formula is C34H42N6O6. The molecule has 2 aromatic heterocycles. The van der Waals surface area contributed by atoms with E-state index in [-0.39, 0.29) is 24.1 Å². The van der Waals surface area contributed by atoms with Crippen LogP contribution in [-0.4, -0.2) is 85.0 Å². The zero-order valence-electron chi connectivity index (χ0n) is 27.3. The van der Waals surface area contributed by atoms with Crippen LogP contribution in [-0.2, 0) is 25.5 Å². The normalized spacial score (nSPS) is 18.5. The molecule has 5 rings (SSSR count). The number of amides is 3. The number of nitrogens with zero attached hydrogens (tertiary/aromatic N) is 5. The summed E-state index contributed by atoms with van der Waals surface area (Å²) in [5, 5.41) is 3.60. The number of carbonyl (C=O) groups excluding carboxylic acids is 4. The van der Waals surface area contributed by atoms with E-state index >= 15 is 0 Å². The topological polar surface area (TPSA) is 144 Å². The number of ketones is 1. The van der Waals surface area contributed by atoms with Crippen LogP contribution in [0.25, 0.3) is 22.0 Å². The Morgan fingerprint density at radius 2 is 1.39 bits per heavy atom. The van der Waals surface area contributed by atoms with E-state index in [9.17, 15) is 19.2 Å². The number of likely N-dealkylation sites (tertiary alicyclic amines) is 2. The molecule has 0 spiro atoms. The van der Waals surface area contributed by atoms with Gasteiger partial charge in [-0.25, -0.2) is 19.6 Å². The van der Waals surface area contributed by atoms with Crippen molar-refractivity contribution < 1.29 is 28.7 Å². The van der Waals surface area contributed by atoms with Crippen LogP contribution in [0.15, 0.2) is 42.7 Å². The first kappa shape index (κ1) is 32.8. The molecule has 2 fully saturated rings. The van der Waals surface area contributed by atoms with Gasteiger partial charge in [0.05, 0.1) is 18.0 Å². The molecule has 2 aliphatic heterocycles. The van der Waals surface area contributed by atoms with Gasteiger partial charge in [0.2, 0.25) is 11.9 Å². The fourth-order valence-electron chi connectivity index (χ4n) is 5.70. The maximum atomic E-state index is 13.2. The SMILES string of the molecule is CC(C)(C)OC(=O)N1CCC[C@H]1C(=O)Cc1ccc2cc(-c3cnc(NC(=O)[C@@H]4CCCN4C(=O)OC(C)(C)C)nc3)ccc2n1. The first-order chi connectivity index (χ1) is 21.7. The van der Waals surface area contributed by atoms with E-state index < -0.39 is 35.5 Å². The lowest BCUT2D eigenvalue weighted by molar-refractivity contribution is -0.122. The second-order valence-electron chi connectivity index (χ2n) is 13.8. The molecule has 4 heterocycles. The monoisotopic (exact) mass is 630 g/mol. The number of pyridine rings is 1. The summed E-state index contributed by atoms with van der Waals surface area (Å²) in [6.07, 6.45) is 5.03. The Morgan fingerprint density at radius 3 is 2.00 bits per heavy atom. The molecule has 0 radical (unpaired) electrons. The van der Waals surface area contributed by atoms with Crippen LogP contribution in [0.3, 0.4) is 0 Å². The number of hydrogen-bond acceptors (Lipinski definition) is 9. The highest BCUT2D eigenvalue weighted by Crippen LogP contribution is 2.26. The van der Waals surface area contributed by atoms with Crippen LogP contribution in [0.4, 0.5) is 15.5 Å². The maximum absolute atomic E-state index is 13.2. The molecule has 244 valence electrons. The highest BCUT2D eigenvalue weighted by Gasteiger charge is 2.38. The second kappa shape index (κ2) is 13.0. The number of aromatic nitrogens is 3. The van der Waals surface area contributed by atoms with Crippen molar-refractivity contribution in [3.63, 3.8) is 0 Å². The number of rotatable bonds is 6. The van der Waals surface area contributed by atoms with Crippen molar-refractivity contribution >= 4 is 40.7 Å². The average Bonchev–Trinajstić information content (AvgIpc) is 3.66. The quantitative estimate of drug-likeness (QED) is 0.371. The highest BCUT2D eigenvalue weighted by atomic mass is 16.6. The van der Waals surface area contributed by atoms with Gasteiger partial charge in [0, 0.05) is 42.1 Å². The largest absolute Gasteiger partial charge is 0.444 e. The Labute approximate surface area is 268 Å². The van der Waals surface area contributed by atoms with Crippen molar-refractivity contribution in [1.82, 2.24) is 24.8 Å². The molecule has 3 amide bonds. The lowest BCUT2D eigenvalue weighted by atomic mass is 10.0. The predicted molar refractivity (Wildman–Crippen MR) is 172 cm³/mol. The zero-order chi connectivity index (χ0) is 33.2. The number of fused-ring (bicyclic) bond motifs is 1. The average molecular weight is 631 g/mol. The molecule has 1 aromatic carbocycles. The Bertz CT molecular complexity index is 1630. The molecule has 12 nitrogen and oxygen atoms in total. The molecule has 0 unspecified atom stereocenters. The summed E-state index contributed by atoms with van der Waals surface area (Å²) >= 11 is 0. The zero-order valence-corrected chi connectivity index (χ0v) is 27.3. The molecule has 2 saturated heterocycles. The van der Waals surface area contributed by atoms with Gasteiger partial charge in [0.15, 0.2) is 5.78 Å². The minimum absolute atomic E-state index is 0.0540. The second-order valence-corrected chi connectivity index (χ2v) is 13.8. The third-order valence-corrected chi connectivity index (χ3v) is 7.76. The highest BCUT2D eigenvalue weighted by molar-refractivity contribution is 5.96. The fraction of sp³-hybridized carbons (Fsp3) is 0.500. The lowest BCUT2D eigenvalue weighted by Gasteiger charge is -2.28. The fourth-order valence-corrected chi connectivity index (χ4v) is 5.70. The van der Waals surface area contributed by atoms with Crippen molar-refractivity contribution in [2.45, 2.75) is 96.9 Å². The van der Waals surface area contributed by atoms with E-state index in [0.29, 0.717) is 38.0 Å². The molecule has 0 saturated carbocycles. The summed E-state index contributed by atoms with van der Waals surface area (Å²) in [5.74, 6) is -0.261. The van der Waals surface area contributed by atoms with Crippen molar-refractivity contribution in [1.29, 1.82) is 0 Å². The van der Waals surface area contributed by atoms with Crippen molar-refractivity contribution in [2.24, 2.45) is 0 Å². The van der Waals surface area contributed by atoms with Gasteiger partial charge < -0.3 is 9.47 Å². The first-order valence-electron chi connectivity index (χ1n) is 15.7. The number of ether oxygens (including phenoxy) is 2. The Morgan fingerprint density at radius 1 is 0.804 bits per heavy atom.